The summed E-state index contributed by atoms with van der Waals surface area (Å²) in [5.41, 5.74) is 7.26. The number of piperazine rings is 1. The topological polar surface area (TPSA) is 52.7 Å². The lowest BCUT2D eigenvalue weighted by molar-refractivity contribution is 0.0167. The number of hydrogen-bond donors (Lipinski definition) is 2. The first-order valence-corrected chi connectivity index (χ1v) is 7.42. The van der Waals surface area contributed by atoms with Gasteiger partial charge < -0.3 is 10.8 Å². The fraction of sp³-hybridized carbons (Fsp3) is 0.600. The lowest BCUT2D eigenvalue weighted by atomic mass is 10.1. The number of aliphatic hydroxyl groups is 1. The van der Waals surface area contributed by atoms with E-state index in [0.29, 0.717) is 5.02 Å². The highest BCUT2D eigenvalue weighted by Gasteiger charge is 2.22. The van der Waals surface area contributed by atoms with Crippen molar-refractivity contribution in [2.24, 2.45) is 0 Å². The summed E-state index contributed by atoms with van der Waals surface area (Å²) in [6.07, 6.45) is 0. The van der Waals surface area contributed by atoms with Gasteiger partial charge in [0, 0.05) is 50.0 Å². The van der Waals surface area contributed by atoms with E-state index in [2.05, 4.69) is 9.80 Å². The predicted molar refractivity (Wildman–Crippen MR) is 83.9 cm³/mol. The molecule has 1 fully saturated rings. The maximum absolute atomic E-state index is 9.85. The Morgan fingerprint density at radius 3 is 2.35 bits per heavy atom. The van der Waals surface area contributed by atoms with Crippen molar-refractivity contribution in [2.45, 2.75) is 26.0 Å². The zero-order chi connectivity index (χ0) is 14.8. The summed E-state index contributed by atoms with van der Waals surface area (Å²) in [5, 5.41) is 10.5. The smallest absolute Gasteiger partial charge is 0.0718 e. The molecule has 20 heavy (non-hydrogen) atoms. The number of β-amino-alcohol motifs (C(OH)–C–C–N with tert-alkyl or cyclic N) is 1. The van der Waals surface area contributed by atoms with Crippen molar-refractivity contribution in [3.05, 3.63) is 28.8 Å². The van der Waals surface area contributed by atoms with Gasteiger partial charge in [0.2, 0.25) is 0 Å². The van der Waals surface area contributed by atoms with E-state index in [1.807, 2.05) is 26.0 Å². The summed E-state index contributed by atoms with van der Waals surface area (Å²) in [6.45, 7) is 9.26. The fourth-order valence-corrected chi connectivity index (χ4v) is 2.78. The number of nitrogens with zero attached hydrogens (tertiary/aromatic N) is 2. The quantitative estimate of drug-likeness (QED) is 0.832. The molecule has 0 unspecified atom stereocenters. The van der Waals surface area contributed by atoms with Crippen LogP contribution in [0.1, 0.15) is 19.4 Å². The molecule has 0 aliphatic carbocycles. The van der Waals surface area contributed by atoms with E-state index in [4.69, 9.17) is 17.3 Å². The number of halogens is 1. The molecule has 0 atom stereocenters. The van der Waals surface area contributed by atoms with E-state index < -0.39 is 5.60 Å². The third-order valence-corrected chi connectivity index (χ3v) is 3.81. The van der Waals surface area contributed by atoms with Crippen LogP contribution in [0.4, 0.5) is 5.69 Å². The number of benzene rings is 1. The number of nitrogen functional groups attached to an aromatic ring is 1. The summed E-state index contributed by atoms with van der Waals surface area (Å²) < 4.78 is 0. The van der Waals surface area contributed by atoms with Crippen molar-refractivity contribution >= 4 is 17.3 Å². The molecule has 2 rings (SSSR count). The van der Waals surface area contributed by atoms with Crippen LogP contribution in [0.2, 0.25) is 5.02 Å². The SMILES string of the molecule is CC(C)(O)CN1CCN(Cc2ccc(Cl)cc2N)CC1. The highest BCUT2D eigenvalue weighted by atomic mass is 35.5. The van der Waals surface area contributed by atoms with Gasteiger partial charge in [-0.3, -0.25) is 9.80 Å². The van der Waals surface area contributed by atoms with Gasteiger partial charge in [-0.15, -0.1) is 0 Å². The largest absolute Gasteiger partial charge is 0.398 e. The van der Waals surface area contributed by atoms with Gasteiger partial charge in [-0.05, 0) is 31.5 Å². The van der Waals surface area contributed by atoms with Crippen LogP contribution in [0.25, 0.3) is 0 Å². The van der Waals surface area contributed by atoms with Crippen LogP contribution in [0, 0.1) is 0 Å². The van der Waals surface area contributed by atoms with Gasteiger partial charge in [-0.25, -0.2) is 0 Å². The van der Waals surface area contributed by atoms with Gasteiger partial charge in [0.25, 0.3) is 0 Å². The summed E-state index contributed by atoms with van der Waals surface area (Å²) in [7, 11) is 0. The second kappa shape index (κ2) is 6.31. The third-order valence-electron chi connectivity index (χ3n) is 3.58. The number of nitrogens with two attached hydrogens (primary N) is 1. The first kappa shape index (κ1) is 15.6. The zero-order valence-electron chi connectivity index (χ0n) is 12.3. The molecule has 0 spiro atoms. The average molecular weight is 298 g/mol. The Balaban J connectivity index is 1.85. The molecule has 4 nitrogen and oxygen atoms in total. The highest BCUT2D eigenvalue weighted by Crippen LogP contribution is 2.20. The van der Waals surface area contributed by atoms with E-state index in [1.165, 1.54) is 0 Å². The average Bonchev–Trinajstić information content (AvgIpc) is 2.33. The Morgan fingerprint density at radius 2 is 1.80 bits per heavy atom. The Morgan fingerprint density at radius 1 is 1.20 bits per heavy atom. The van der Waals surface area contributed by atoms with Crippen LogP contribution in [0.5, 0.6) is 0 Å². The van der Waals surface area contributed by atoms with Crippen LogP contribution in [-0.2, 0) is 6.54 Å². The number of hydrogen-bond acceptors (Lipinski definition) is 4. The molecule has 1 aromatic rings. The summed E-state index contributed by atoms with van der Waals surface area (Å²) >= 11 is 5.92. The summed E-state index contributed by atoms with van der Waals surface area (Å²) in [6, 6.07) is 5.69. The predicted octanol–water partition coefficient (Wildman–Crippen LogP) is 1.81. The molecule has 1 heterocycles. The normalized spacial score (nSPS) is 18.4. The number of anilines is 1. The minimum atomic E-state index is -0.622. The molecule has 0 amide bonds. The minimum absolute atomic E-state index is 0.622. The van der Waals surface area contributed by atoms with Gasteiger partial charge in [-0.1, -0.05) is 17.7 Å². The molecular formula is C15H24ClN3O. The van der Waals surface area contributed by atoms with Crippen molar-refractivity contribution in [1.29, 1.82) is 0 Å². The van der Waals surface area contributed by atoms with Gasteiger partial charge >= 0.3 is 0 Å². The van der Waals surface area contributed by atoms with E-state index in [-0.39, 0.29) is 0 Å². The second-order valence-electron chi connectivity index (χ2n) is 6.21. The maximum Gasteiger partial charge on any atom is 0.0718 e. The summed E-state index contributed by atoms with van der Waals surface area (Å²) in [4.78, 5) is 4.70. The molecule has 1 aliphatic heterocycles. The van der Waals surface area contributed by atoms with E-state index >= 15 is 0 Å². The fourth-order valence-electron chi connectivity index (χ4n) is 2.60. The first-order valence-electron chi connectivity index (χ1n) is 7.04. The minimum Gasteiger partial charge on any atom is -0.398 e. The lowest BCUT2D eigenvalue weighted by Gasteiger charge is -2.37. The standard InChI is InChI=1S/C15H24ClN3O/c1-15(2,20)11-19-7-5-18(6-8-19)10-12-3-4-13(16)9-14(12)17/h3-4,9,20H,5-8,10-11,17H2,1-2H3. The van der Waals surface area contributed by atoms with Crippen molar-refractivity contribution in [3.63, 3.8) is 0 Å². The van der Waals surface area contributed by atoms with Crippen molar-refractivity contribution in [1.82, 2.24) is 9.80 Å². The van der Waals surface area contributed by atoms with Crippen molar-refractivity contribution < 1.29 is 5.11 Å². The van der Waals surface area contributed by atoms with Crippen LogP contribution in [0.3, 0.4) is 0 Å². The lowest BCUT2D eigenvalue weighted by Crippen LogP contribution is -2.50. The molecule has 0 aromatic heterocycles. The monoisotopic (exact) mass is 297 g/mol. The van der Waals surface area contributed by atoms with E-state index in [1.54, 1.807) is 6.07 Å². The first-order chi connectivity index (χ1) is 9.33. The van der Waals surface area contributed by atoms with Crippen LogP contribution in [-0.4, -0.2) is 53.2 Å². The number of rotatable bonds is 4. The molecule has 5 heteroatoms. The Labute approximate surface area is 126 Å². The molecule has 3 N–H and O–H groups in total. The molecule has 0 saturated carbocycles. The molecular weight excluding hydrogens is 274 g/mol. The second-order valence-corrected chi connectivity index (χ2v) is 6.64. The molecule has 0 bridgehead atoms. The molecule has 1 saturated heterocycles. The molecule has 1 aromatic carbocycles. The Kier molecular flexibility index (Phi) is 4.91. The van der Waals surface area contributed by atoms with Crippen LogP contribution >= 0.6 is 11.6 Å². The van der Waals surface area contributed by atoms with Crippen molar-refractivity contribution in [2.75, 3.05) is 38.5 Å². The van der Waals surface area contributed by atoms with Crippen LogP contribution < -0.4 is 5.73 Å². The maximum atomic E-state index is 9.85. The summed E-state index contributed by atoms with van der Waals surface area (Å²) in [5.74, 6) is 0. The molecule has 112 valence electrons. The van der Waals surface area contributed by atoms with Gasteiger partial charge in [0.15, 0.2) is 0 Å². The van der Waals surface area contributed by atoms with Gasteiger partial charge in [0.05, 0.1) is 5.60 Å². The van der Waals surface area contributed by atoms with Crippen molar-refractivity contribution in [3.8, 4) is 0 Å². The van der Waals surface area contributed by atoms with Gasteiger partial charge in [-0.2, -0.15) is 0 Å². The van der Waals surface area contributed by atoms with Gasteiger partial charge in [0.1, 0.15) is 0 Å². The highest BCUT2D eigenvalue weighted by molar-refractivity contribution is 6.30. The molecule has 0 radical (unpaired) electrons. The Hall–Kier alpha value is -0.810. The molecule has 1 aliphatic rings. The van der Waals surface area contributed by atoms with Crippen LogP contribution in [0.15, 0.2) is 18.2 Å². The zero-order valence-corrected chi connectivity index (χ0v) is 13.0. The third kappa shape index (κ3) is 4.63. The Bertz CT molecular complexity index is 451. The van der Waals surface area contributed by atoms with E-state index in [0.717, 1.165) is 50.5 Å². The van der Waals surface area contributed by atoms with E-state index in [9.17, 15) is 5.11 Å².